The third-order valence-electron chi connectivity index (χ3n) is 16.8. The molecule has 0 radical (unpaired) electrons. The lowest BCUT2D eigenvalue weighted by Gasteiger charge is -2.40. The van der Waals surface area contributed by atoms with Gasteiger partial charge in [0.05, 0.1) is 31.4 Å². The van der Waals surface area contributed by atoms with Crippen molar-refractivity contribution in [1.82, 2.24) is 51.7 Å². The molecule has 0 bridgehead atoms. The average molecular weight is 1100 g/mol. The molecule has 6 amide bonds. The lowest BCUT2D eigenvalue weighted by atomic mass is 9.70. The Balaban J connectivity index is 0.749. The summed E-state index contributed by atoms with van der Waals surface area (Å²) in [5, 5.41) is 36.5. The van der Waals surface area contributed by atoms with Crippen molar-refractivity contribution in [3.8, 4) is 0 Å². The maximum Gasteiger partial charge on any atom is 0.246 e. The van der Waals surface area contributed by atoms with Crippen LogP contribution >= 0.6 is 23.5 Å². The second kappa shape index (κ2) is 27.2. The number of nitrogens with zero attached hydrogens (tertiary/aromatic N) is 2. The smallest absolute Gasteiger partial charge is 0.246 e. The Morgan fingerprint density at radius 2 is 1.55 bits per heavy atom. The normalized spacial score (nSPS) is 33.4. The number of rotatable bonds is 21. The molecule has 7 fully saturated rings. The summed E-state index contributed by atoms with van der Waals surface area (Å²) < 4.78 is 31.1. The van der Waals surface area contributed by atoms with Gasteiger partial charge in [-0.05, 0) is 113 Å². The van der Waals surface area contributed by atoms with Gasteiger partial charge in [0.2, 0.25) is 45.5 Å². The first kappa shape index (κ1) is 58.9. The quantitative estimate of drug-likeness (QED) is 0.0736. The van der Waals surface area contributed by atoms with E-state index in [1.165, 1.54) is 15.6 Å². The van der Waals surface area contributed by atoms with Gasteiger partial charge in [-0.1, -0.05) is 33.6 Å². The Kier molecular flexibility index (Phi) is 21.7. The fraction of sp³-hybridized carbons (Fsp3) is 0.882. The van der Waals surface area contributed by atoms with Crippen LogP contribution in [0.1, 0.15) is 124 Å². The number of thioether (sulfide) groups is 2. The number of hydrogen-bond acceptors (Lipinski definition) is 15. The third-order valence-corrected chi connectivity index (χ3v) is 20.8. The van der Waals surface area contributed by atoms with Gasteiger partial charge in [-0.15, -0.1) is 23.5 Å². The molecule has 9 N–H and O–H groups in total. The summed E-state index contributed by atoms with van der Waals surface area (Å²) in [6, 6.07) is -0.939. The van der Waals surface area contributed by atoms with Gasteiger partial charge >= 0.3 is 0 Å². The number of aliphatic hydroxyl groups excluding tert-OH is 1. The van der Waals surface area contributed by atoms with Crippen LogP contribution in [0.2, 0.25) is 0 Å². The number of carbonyl (C=O) groups is 6. The molecule has 0 aromatic rings. The number of sulfonamides is 1. The highest BCUT2D eigenvalue weighted by molar-refractivity contribution is 8.00. The second-order valence-corrected chi connectivity index (χ2v) is 27.7. The molecule has 7 rings (SSSR count). The fourth-order valence-corrected chi connectivity index (χ4v) is 16.1. The number of amides is 6. The van der Waals surface area contributed by atoms with Crippen molar-refractivity contribution >= 4 is 69.0 Å². The molecule has 23 heteroatoms. The van der Waals surface area contributed by atoms with E-state index in [1.807, 2.05) is 32.5 Å². The summed E-state index contributed by atoms with van der Waals surface area (Å²) in [6.07, 6.45) is 12.2. The molecular weight excluding hydrogens is 1010 g/mol. The van der Waals surface area contributed by atoms with E-state index in [4.69, 9.17) is 4.74 Å². The van der Waals surface area contributed by atoms with Crippen molar-refractivity contribution in [3.05, 3.63) is 0 Å². The van der Waals surface area contributed by atoms with Crippen molar-refractivity contribution in [3.63, 3.8) is 0 Å². The zero-order valence-corrected chi connectivity index (χ0v) is 47.0. The topological polar surface area (TPSA) is 269 Å². The number of aliphatic hydroxyl groups is 1. The van der Waals surface area contributed by atoms with Crippen molar-refractivity contribution in [2.45, 2.75) is 171 Å². The van der Waals surface area contributed by atoms with E-state index in [2.05, 4.69) is 49.5 Å². The Labute approximate surface area is 448 Å². The zero-order chi connectivity index (χ0) is 53.2. The first-order valence-electron chi connectivity index (χ1n) is 27.6. The van der Waals surface area contributed by atoms with Crippen molar-refractivity contribution < 1.29 is 47.0 Å². The molecule has 420 valence electrons. The lowest BCUT2D eigenvalue weighted by molar-refractivity contribution is -0.144. The van der Waals surface area contributed by atoms with E-state index in [0.717, 1.165) is 82.2 Å². The minimum Gasteiger partial charge on any atom is -0.391 e. The minimum atomic E-state index is -3.35. The van der Waals surface area contributed by atoms with Crippen LogP contribution < -0.4 is 42.5 Å². The number of piperidine rings is 1. The molecule has 0 aromatic carbocycles. The second-order valence-electron chi connectivity index (χ2n) is 23.4. The fourth-order valence-electron chi connectivity index (χ4n) is 12.5. The van der Waals surface area contributed by atoms with Gasteiger partial charge in [-0.25, -0.2) is 12.7 Å². The Morgan fingerprint density at radius 1 is 0.811 bits per heavy atom. The molecule has 2 aliphatic carbocycles. The maximum absolute atomic E-state index is 14.1. The van der Waals surface area contributed by atoms with E-state index in [9.17, 15) is 42.3 Å². The van der Waals surface area contributed by atoms with Crippen molar-refractivity contribution in [2.75, 3.05) is 70.3 Å². The Bertz CT molecular complexity index is 2040. The molecule has 7 aliphatic rings. The third kappa shape index (κ3) is 16.9. The van der Waals surface area contributed by atoms with Gasteiger partial charge in [0.25, 0.3) is 0 Å². The molecule has 0 aromatic heterocycles. The van der Waals surface area contributed by atoms with Crippen LogP contribution in [-0.4, -0.2) is 176 Å². The van der Waals surface area contributed by atoms with Crippen LogP contribution in [0.15, 0.2) is 0 Å². The predicted molar refractivity (Wildman–Crippen MR) is 286 cm³/mol. The summed E-state index contributed by atoms with van der Waals surface area (Å²) in [4.78, 5) is 80.5. The highest BCUT2D eigenvalue weighted by Crippen LogP contribution is 2.42. The van der Waals surface area contributed by atoms with Gasteiger partial charge in [-0.3, -0.25) is 39.4 Å². The van der Waals surface area contributed by atoms with Gasteiger partial charge in [-0.2, -0.15) is 0 Å². The average Bonchev–Trinajstić information content (AvgIpc) is 4.21. The molecule has 5 saturated heterocycles. The van der Waals surface area contributed by atoms with Crippen LogP contribution in [0, 0.1) is 40.9 Å². The van der Waals surface area contributed by atoms with Crippen LogP contribution in [0.25, 0.3) is 0 Å². The first-order valence-corrected chi connectivity index (χ1v) is 31.6. The number of likely N-dealkylation sites (tertiary alicyclic amines) is 1. The number of nitrogens with one attached hydrogen (secondary N) is 8. The van der Waals surface area contributed by atoms with E-state index >= 15 is 0 Å². The standard InChI is InChI=1S/C51H88N10O10S3/c1-31-45(73-30-56-31)33-14-12-32(13-15-33)25-54-48(67)40-24-38(62)28-61(40)49(68)46(51(2,3)4)58-42(64)11-7-10-41(63)52-19-21-71-44-23-35(16-18-53-44)34-8-6-9-36(22-34)39-29-72-50(57-39)59-43(65)26-55-47(66)37-17-20-60(27-37)74(5,69)70/h31-40,44-46,50,53,56-57,62H,6-30H2,1-5H3,(H,52,63)(H,54,67)(H,55,66)(H,58,64)(H,59,65)/t31?,32?,33?,34?,35?,36?,37?,38-,39?,40+,44?,45?,46-,50?/m1/s1. The molecular formula is C51H88N10O10S3. The van der Waals surface area contributed by atoms with E-state index in [0.29, 0.717) is 80.0 Å². The van der Waals surface area contributed by atoms with Crippen LogP contribution in [-0.2, 0) is 43.5 Å². The zero-order valence-electron chi connectivity index (χ0n) is 44.5. The number of carbonyl (C=O) groups excluding carboxylic acids is 6. The molecule has 0 spiro atoms. The number of ether oxygens (including phenoxy) is 1. The lowest BCUT2D eigenvalue weighted by Crippen LogP contribution is -2.58. The molecule has 9 unspecified atom stereocenters. The Morgan fingerprint density at radius 3 is 2.27 bits per heavy atom. The van der Waals surface area contributed by atoms with Gasteiger partial charge in [0, 0.05) is 80.9 Å². The number of hydrogen-bond donors (Lipinski definition) is 9. The molecule has 2 saturated carbocycles. The summed E-state index contributed by atoms with van der Waals surface area (Å²) in [5.41, 5.74) is -0.915. The predicted octanol–water partition coefficient (Wildman–Crippen LogP) is 1.39. The van der Waals surface area contributed by atoms with Gasteiger partial charge in [0.15, 0.2) is 0 Å². The van der Waals surface area contributed by atoms with E-state index in [-0.39, 0.29) is 86.2 Å². The monoisotopic (exact) mass is 1100 g/mol. The van der Waals surface area contributed by atoms with E-state index in [1.54, 1.807) is 11.8 Å². The molecule has 5 heterocycles. The highest BCUT2D eigenvalue weighted by Gasteiger charge is 2.45. The van der Waals surface area contributed by atoms with Crippen molar-refractivity contribution in [2.24, 2.45) is 40.9 Å². The van der Waals surface area contributed by atoms with E-state index < -0.39 is 45.5 Å². The van der Waals surface area contributed by atoms with Crippen LogP contribution in [0.3, 0.4) is 0 Å². The summed E-state index contributed by atoms with van der Waals surface area (Å²) in [7, 11) is -3.35. The molecule has 12 atom stereocenters. The molecule has 20 nitrogen and oxygen atoms in total. The first-order chi connectivity index (χ1) is 35.2. The SMILES string of the molecule is CC1NCSC1C1CCC(CNC(=O)[C@@H]2C[C@@H](O)CN2C(=O)[C@@H](NC(=O)CCCC(=O)NCCOC2CC(C3CCCC(C4CSC(NC(=O)CNC(=O)C5CCN(S(C)(=O)=O)C5)N4)C3)CCN2)C(C)(C)C)CC1. The highest BCUT2D eigenvalue weighted by atomic mass is 32.2. The van der Waals surface area contributed by atoms with Crippen LogP contribution in [0.4, 0.5) is 0 Å². The summed E-state index contributed by atoms with van der Waals surface area (Å²) in [5.74, 6) is 2.31. The summed E-state index contributed by atoms with van der Waals surface area (Å²) in [6.45, 7) is 10.3. The minimum absolute atomic E-state index is 0.0230. The van der Waals surface area contributed by atoms with Crippen molar-refractivity contribution in [1.29, 1.82) is 0 Å². The molecule has 74 heavy (non-hydrogen) atoms. The van der Waals surface area contributed by atoms with Gasteiger partial charge < -0.3 is 46.6 Å². The largest absolute Gasteiger partial charge is 0.391 e. The van der Waals surface area contributed by atoms with Crippen LogP contribution in [0.5, 0.6) is 0 Å². The van der Waals surface area contributed by atoms with Gasteiger partial charge in [0.1, 0.15) is 23.8 Å². The molecule has 5 aliphatic heterocycles. The summed E-state index contributed by atoms with van der Waals surface area (Å²) >= 11 is 3.68. The maximum atomic E-state index is 14.1. The number of β-amino-alcohol motifs (C(OH)–C–C–N with tert-alkyl or cyclic N) is 1. The Hall–Kier alpha value is -2.77.